The lowest BCUT2D eigenvalue weighted by molar-refractivity contribution is 0.122. The lowest BCUT2D eigenvalue weighted by atomic mass is 9.86. The fourth-order valence-electron chi connectivity index (χ4n) is 2.37. The molecule has 88 valence electrons. The number of ether oxygens (including phenoxy) is 1. The molecule has 1 atom stereocenters. The monoisotopic (exact) mass is 210 g/mol. The van der Waals surface area contributed by atoms with Gasteiger partial charge >= 0.3 is 0 Å². The molecule has 1 nitrogen and oxygen atoms in total. The third-order valence-corrected chi connectivity index (χ3v) is 3.25. The molecule has 0 aromatic heterocycles. The third-order valence-electron chi connectivity index (χ3n) is 3.25. The van der Waals surface area contributed by atoms with Crippen LogP contribution in [0.2, 0.25) is 0 Å². The predicted molar refractivity (Wildman–Crippen MR) is 65.8 cm³/mol. The van der Waals surface area contributed by atoms with Crippen LogP contribution < -0.4 is 0 Å². The van der Waals surface area contributed by atoms with Crippen molar-refractivity contribution in [2.45, 2.75) is 71.3 Å². The molecule has 1 aliphatic carbocycles. The van der Waals surface area contributed by atoms with Gasteiger partial charge in [-0.1, -0.05) is 45.4 Å². The van der Waals surface area contributed by atoms with Crippen LogP contribution in [0.15, 0.2) is 12.3 Å². The number of allylic oxidation sites excluding steroid dienone is 1. The first-order chi connectivity index (χ1) is 7.33. The summed E-state index contributed by atoms with van der Waals surface area (Å²) >= 11 is 0. The Morgan fingerprint density at radius 2 is 2.00 bits per heavy atom. The second-order valence-electron chi connectivity index (χ2n) is 4.85. The second-order valence-corrected chi connectivity index (χ2v) is 4.85. The maximum Gasteiger partial charge on any atom is 0.0952 e. The normalized spacial score (nSPS) is 20.7. The molecule has 1 unspecified atom stereocenters. The van der Waals surface area contributed by atoms with E-state index in [0.29, 0.717) is 6.10 Å². The molecule has 1 rings (SSSR count). The van der Waals surface area contributed by atoms with Gasteiger partial charge in [-0.05, 0) is 31.8 Å². The van der Waals surface area contributed by atoms with Gasteiger partial charge in [-0.2, -0.15) is 0 Å². The Kier molecular flexibility index (Phi) is 6.54. The zero-order valence-corrected chi connectivity index (χ0v) is 10.4. The molecule has 0 saturated heterocycles. The number of unbranched alkanes of at least 4 members (excludes halogenated alkanes) is 1. The van der Waals surface area contributed by atoms with Gasteiger partial charge in [0, 0.05) is 0 Å². The van der Waals surface area contributed by atoms with Gasteiger partial charge in [0.05, 0.1) is 12.4 Å². The van der Waals surface area contributed by atoms with Gasteiger partial charge < -0.3 is 4.74 Å². The molecule has 0 bridgehead atoms. The second kappa shape index (κ2) is 7.78. The van der Waals surface area contributed by atoms with Crippen molar-refractivity contribution in [2.24, 2.45) is 5.92 Å². The number of hydrogen-bond acceptors (Lipinski definition) is 1. The van der Waals surface area contributed by atoms with Crippen LogP contribution in [0.1, 0.15) is 65.2 Å². The summed E-state index contributed by atoms with van der Waals surface area (Å²) < 4.78 is 5.67. The maximum absolute atomic E-state index is 5.67. The van der Waals surface area contributed by atoms with Crippen molar-refractivity contribution >= 4 is 0 Å². The van der Waals surface area contributed by atoms with Crippen molar-refractivity contribution < 1.29 is 4.74 Å². The average molecular weight is 210 g/mol. The lowest BCUT2D eigenvalue weighted by Crippen LogP contribution is -2.14. The molecule has 0 aliphatic heterocycles. The van der Waals surface area contributed by atoms with Crippen molar-refractivity contribution in [2.75, 3.05) is 0 Å². The van der Waals surface area contributed by atoms with Crippen molar-refractivity contribution in [3.63, 3.8) is 0 Å². The number of hydrogen-bond donors (Lipinski definition) is 0. The van der Waals surface area contributed by atoms with Gasteiger partial charge in [0.1, 0.15) is 0 Å². The minimum absolute atomic E-state index is 0.404. The van der Waals surface area contributed by atoms with Gasteiger partial charge in [-0.15, -0.1) is 0 Å². The van der Waals surface area contributed by atoms with Crippen molar-refractivity contribution in [1.82, 2.24) is 0 Å². The molecule has 1 heteroatoms. The van der Waals surface area contributed by atoms with E-state index >= 15 is 0 Å². The van der Waals surface area contributed by atoms with Crippen LogP contribution in [-0.2, 0) is 4.74 Å². The summed E-state index contributed by atoms with van der Waals surface area (Å²) in [7, 11) is 0. The first kappa shape index (κ1) is 12.6. The highest BCUT2D eigenvalue weighted by Gasteiger charge is 2.16. The molecule has 0 N–H and O–H groups in total. The molecule has 0 aromatic rings. The molecule has 0 radical (unpaired) electrons. The van der Waals surface area contributed by atoms with Crippen molar-refractivity contribution in [3.05, 3.63) is 12.3 Å². The molecule has 0 heterocycles. The van der Waals surface area contributed by atoms with Crippen LogP contribution in [0.5, 0.6) is 0 Å². The summed E-state index contributed by atoms with van der Waals surface area (Å²) in [5.74, 6) is 0.924. The fourth-order valence-corrected chi connectivity index (χ4v) is 2.37. The molecule has 0 aromatic carbocycles. The van der Waals surface area contributed by atoms with E-state index in [2.05, 4.69) is 19.9 Å². The van der Waals surface area contributed by atoms with E-state index in [9.17, 15) is 0 Å². The Morgan fingerprint density at radius 3 is 2.67 bits per heavy atom. The first-order valence-corrected chi connectivity index (χ1v) is 6.63. The molecule has 1 saturated carbocycles. The van der Waals surface area contributed by atoms with Gasteiger partial charge in [-0.3, -0.25) is 0 Å². The lowest BCUT2D eigenvalue weighted by Gasteiger charge is -2.24. The van der Waals surface area contributed by atoms with Gasteiger partial charge in [0.25, 0.3) is 0 Å². The standard InChI is InChI=1S/C14H26O/c1-3-4-8-11-15-13(2)12-14-9-6-5-7-10-14/h8,11,13-14H,3-7,9-10,12H2,1-2H3. The summed E-state index contributed by atoms with van der Waals surface area (Å²) in [4.78, 5) is 0. The highest BCUT2D eigenvalue weighted by atomic mass is 16.5. The van der Waals surface area contributed by atoms with E-state index in [1.807, 2.05) is 6.26 Å². The maximum atomic E-state index is 5.67. The Labute approximate surface area is 94.9 Å². The molecular weight excluding hydrogens is 184 g/mol. The molecule has 0 amide bonds. The Morgan fingerprint density at radius 1 is 1.27 bits per heavy atom. The van der Waals surface area contributed by atoms with Gasteiger partial charge in [0.15, 0.2) is 0 Å². The SMILES string of the molecule is CCCC=COC(C)CC1CCCCC1. The van der Waals surface area contributed by atoms with E-state index in [0.717, 1.165) is 12.3 Å². The molecule has 1 aliphatic rings. The largest absolute Gasteiger partial charge is 0.499 e. The van der Waals surface area contributed by atoms with E-state index < -0.39 is 0 Å². The van der Waals surface area contributed by atoms with Crippen LogP contribution in [0.3, 0.4) is 0 Å². The molecular formula is C14H26O. The summed E-state index contributed by atoms with van der Waals surface area (Å²) in [5.41, 5.74) is 0. The van der Waals surface area contributed by atoms with E-state index in [-0.39, 0.29) is 0 Å². The molecule has 1 fully saturated rings. The highest BCUT2D eigenvalue weighted by Crippen LogP contribution is 2.27. The fraction of sp³-hybridized carbons (Fsp3) is 0.857. The highest BCUT2D eigenvalue weighted by molar-refractivity contribution is 4.75. The Balaban J connectivity index is 2.08. The topological polar surface area (TPSA) is 9.23 Å². The predicted octanol–water partition coefficient (Wildman–Crippen LogP) is 4.68. The van der Waals surface area contributed by atoms with E-state index in [1.54, 1.807) is 0 Å². The van der Waals surface area contributed by atoms with Crippen LogP contribution in [-0.4, -0.2) is 6.10 Å². The van der Waals surface area contributed by atoms with E-state index in [1.165, 1.54) is 44.9 Å². The summed E-state index contributed by atoms with van der Waals surface area (Å²) in [6.07, 6.45) is 15.2. The Hall–Kier alpha value is -0.460. The van der Waals surface area contributed by atoms with Gasteiger partial charge in [0.2, 0.25) is 0 Å². The van der Waals surface area contributed by atoms with E-state index in [4.69, 9.17) is 4.74 Å². The van der Waals surface area contributed by atoms with Crippen LogP contribution in [0.25, 0.3) is 0 Å². The number of rotatable bonds is 6. The van der Waals surface area contributed by atoms with Gasteiger partial charge in [-0.25, -0.2) is 0 Å². The minimum Gasteiger partial charge on any atom is -0.499 e. The first-order valence-electron chi connectivity index (χ1n) is 6.63. The summed E-state index contributed by atoms with van der Waals surface area (Å²) in [6.45, 7) is 4.39. The average Bonchev–Trinajstić information content (AvgIpc) is 2.26. The third kappa shape index (κ3) is 5.86. The Bertz CT molecular complexity index is 168. The summed E-state index contributed by atoms with van der Waals surface area (Å²) in [5, 5.41) is 0. The zero-order chi connectivity index (χ0) is 10.9. The quantitative estimate of drug-likeness (QED) is 0.579. The van der Waals surface area contributed by atoms with Crippen LogP contribution in [0.4, 0.5) is 0 Å². The molecule has 0 spiro atoms. The van der Waals surface area contributed by atoms with Crippen molar-refractivity contribution in [3.8, 4) is 0 Å². The zero-order valence-electron chi connectivity index (χ0n) is 10.4. The van der Waals surface area contributed by atoms with Crippen molar-refractivity contribution in [1.29, 1.82) is 0 Å². The smallest absolute Gasteiger partial charge is 0.0952 e. The molecule has 15 heavy (non-hydrogen) atoms. The minimum atomic E-state index is 0.404. The summed E-state index contributed by atoms with van der Waals surface area (Å²) in [6, 6.07) is 0. The van der Waals surface area contributed by atoms with Crippen LogP contribution in [0, 0.1) is 5.92 Å². The van der Waals surface area contributed by atoms with Crippen LogP contribution >= 0.6 is 0 Å².